The number of carbonyl (C=O) groups is 1. The van der Waals surface area contributed by atoms with E-state index >= 15 is 0 Å². The Morgan fingerprint density at radius 3 is 1.33 bits per heavy atom. The van der Waals surface area contributed by atoms with E-state index in [1.807, 2.05) is 29.2 Å². The highest BCUT2D eigenvalue weighted by Crippen LogP contribution is 2.38. The highest BCUT2D eigenvalue weighted by atomic mass is 35.5. The third kappa shape index (κ3) is 15.6. The van der Waals surface area contributed by atoms with Crippen molar-refractivity contribution in [3.8, 4) is 0 Å². The van der Waals surface area contributed by atoms with Gasteiger partial charge >= 0.3 is 30.8 Å². The molecular formula is C38H50Cl2F12N6O3. The molecule has 348 valence electrons. The predicted molar refractivity (Wildman–Crippen MR) is 208 cm³/mol. The number of hydrogen-bond donors (Lipinski definition) is 2. The van der Waals surface area contributed by atoms with E-state index in [9.17, 15) is 57.5 Å². The van der Waals surface area contributed by atoms with E-state index in [0.717, 1.165) is 92.9 Å². The predicted octanol–water partition coefficient (Wildman–Crippen LogP) is 9.14. The zero-order valence-corrected chi connectivity index (χ0v) is 33.6. The number of benzene rings is 2. The molecule has 4 fully saturated rings. The zero-order valence-electron chi connectivity index (χ0n) is 32.1. The van der Waals surface area contributed by atoms with Gasteiger partial charge in [-0.3, -0.25) is 9.80 Å². The largest absolute Gasteiger partial charge is 0.434 e. The summed E-state index contributed by atoms with van der Waals surface area (Å²) < 4.78 is 145. The molecule has 0 radical (unpaired) electrons. The Bertz CT molecular complexity index is 1630. The van der Waals surface area contributed by atoms with Crippen molar-refractivity contribution in [2.45, 2.75) is 83.1 Å². The molecule has 4 saturated heterocycles. The van der Waals surface area contributed by atoms with Gasteiger partial charge in [0.05, 0.1) is 21.4 Å². The van der Waals surface area contributed by atoms with Crippen molar-refractivity contribution in [1.29, 1.82) is 0 Å². The summed E-state index contributed by atoms with van der Waals surface area (Å²) >= 11 is 12.9. The van der Waals surface area contributed by atoms with E-state index in [1.54, 1.807) is 0 Å². The molecule has 6 rings (SSSR count). The van der Waals surface area contributed by atoms with Gasteiger partial charge in [0.25, 0.3) is 6.10 Å². The van der Waals surface area contributed by atoms with Gasteiger partial charge in [0.2, 0.25) is 6.10 Å². The number of aliphatic hydroxyl groups excluding tert-OH is 1. The van der Waals surface area contributed by atoms with Gasteiger partial charge in [0.15, 0.2) is 0 Å². The Hall–Kier alpha value is -3.11. The number of nitrogens with zero attached hydrogens (tertiary/aromatic N) is 5. The van der Waals surface area contributed by atoms with Crippen LogP contribution in [0, 0.1) is 0 Å². The molecule has 0 spiro atoms. The average molecular weight is 938 g/mol. The Morgan fingerprint density at radius 2 is 0.984 bits per heavy atom. The van der Waals surface area contributed by atoms with Crippen LogP contribution in [0.25, 0.3) is 0 Å². The van der Waals surface area contributed by atoms with Gasteiger partial charge in [-0.2, -0.15) is 52.7 Å². The van der Waals surface area contributed by atoms with Crippen LogP contribution in [0.3, 0.4) is 0 Å². The molecule has 23 heteroatoms. The fourth-order valence-corrected chi connectivity index (χ4v) is 7.71. The number of halogens is 14. The van der Waals surface area contributed by atoms with E-state index in [2.05, 4.69) is 36.9 Å². The van der Waals surface area contributed by atoms with Crippen LogP contribution >= 0.6 is 23.2 Å². The Kier molecular flexibility index (Phi) is 19.3. The summed E-state index contributed by atoms with van der Waals surface area (Å²) in [4.78, 5) is 21.9. The Morgan fingerprint density at radius 1 is 0.607 bits per heavy atom. The van der Waals surface area contributed by atoms with E-state index in [0.29, 0.717) is 11.6 Å². The minimum Gasteiger partial charge on any atom is -0.426 e. The third-order valence-electron chi connectivity index (χ3n) is 10.0. The molecular weight excluding hydrogens is 887 g/mol. The molecule has 0 atom stereocenters. The standard InChI is InChI=1S/C19H22ClF6N3O2.C15H22ClN3.C3H2F6O.CH4/c20-14-5-3-4-13(15(14)28-6-1-2-7-28)12-27-8-10-29(11-9-27)17(30)31-16(18(21,22)23)19(24,25)26;16-14-5-3-4-13(12-18-10-6-17-7-11-18)15(14)19-8-1-2-9-19;4-2(5,6)1(10)3(7,8)9;/h3-5,16H,1-2,6-12H2;3-5,17H,1-2,6-12H2;1,10H;1H4. The van der Waals surface area contributed by atoms with Crippen molar-refractivity contribution in [2.24, 2.45) is 0 Å². The maximum atomic E-state index is 12.6. The van der Waals surface area contributed by atoms with E-state index in [1.165, 1.54) is 24.1 Å². The van der Waals surface area contributed by atoms with Crippen LogP contribution in [0.4, 0.5) is 68.9 Å². The number of anilines is 2. The number of alkyl halides is 12. The normalized spacial score (nSPS) is 18.4. The third-order valence-corrected chi connectivity index (χ3v) is 10.7. The molecule has 0 saturated carbocycles. The Balaban J connectivity index is 0.000000280. The summed E-state index contributed by atoms with van der Waals surface area (Å²) in [6.07, 6.45) is -28.0. The van der Waals surface area contributed by atoms with E-state index in [4.69, 9.17) is 28.3 Å². The summed E-state index contributed by atoms with van der Waals surface area (Å²) in [7, 11) is 0. The number of nitrogens with one attached hydrogen (secondary N) is 1. The number of piperazine rings is 2. The lowest BCUT2D eigenvalue weighted by atomic mass is 10.1. The molecule has 0 bridgehead atoms. The first kappa shape index (κ1) is 52.2. The van der Waals surface area contributed by atoms with Gasteiger partial charge in [-0.15, -0.1) is 0 Å². The van der Waals surface area contributed by atoms with Crippen LogP contribution in [-0.2, 0) is 17.8 Å². The number of ether oxygens (including phenoxy) is 1. The maximum absolute atomic E-state index is 12.6. The second kappa shape index (κ2) is 22.5. The van der Waals surface area contributed by atoms with Gasteiger partial charge in [-0.1, -0.05) is 54.9 Å². The quantitative estimate of drug-likeness (QED) is 0.267. The highest BCUT2D eigenvalue weighted by molar-refractivity contribution is 6.33. The first-order valence-electron chi connectivity index (χ1n) is 19.1. The monoisotopic (exact) mass is 936 g/mol. The second-order valence-electron chi connectivity index (χ2n) is 14.5. The number of hydrogen-bond acceptors (Lipinski definition) is 8. The molecule has 0 aromatic heterocycles. The topological polar surface area (TPSA) is 74.8 Å². The number of rotatable bonds is 7. The lowest BCUT2D eigenvalue weighted by Crippen LogP contribution is -2.52. The van der Waals surface area contributed by atoms with E-state index < -0.39 is 43.0 Å². The number of para-hydroxylation sites is 2. The smallest absolute Gasteiger partial charge is 0.426 e. The van der Waals surface area contributed by atoms with Crippen molar-refractivity contribution in [3.05, 3.63) is 57.6 Å². The molecule has 0 unspecified atom stereocenters. The van der Waals surface area contributed by atoms with Crippen LogP contribution in [0.2, 0.25) is 10.0 Å². The maximum Gasteiger partial charge on any atom is 0.434 e. The Labute approximate surface area is 356 Å². The first-order chi connectivity index (χ1) is 28.0. The second-order valence-corrected chi connectivity index (χ2v) is 15.3. The van der Waals surface area contributed by atoms with Crippen molar-refractivity contribution in [3.63, 3.8) is 0 Å². The molecule has 2 aromatic carbocycles. The molecule has 1 amide bonds. The molecule has 4 aliphatic rings. The van der Waals surface area contributed by atoms with Gasteiger partial charge in [0, 0.05) is 91.6 Å². The van der Waals surface area contributed by atoms with Gasteiger partial charge in [-0.05, 0) is 48.9 Å². The summed E-state index contributed by atoms with van der Waals surface area (Å²) in [5.74, 6) is 0. The molecule has 4 heterocycles. The molecule has 0 aliphatic carbocycles. The van der Waals surface area contributed by atoms with Crippen LogP contribution < -0.4 is 15.1 Å². The molecule has 2 aromatic rings. The fraction of sp³-hybridized carbons (Fsp3) is 0.658. The molecule has 2 N–H and O–H groups in total. The molecule has 9 nitrogen and oxygen atoms in total. The minimum absolute atomic E-state index is 0. The van der Waals surface area contributed by atoms with E-state index in [-0.39, 0.29) is 33.6 Å². The lowest BCUT2D eigenvalue weighted by Gasteiger charge is -2.36. The van der Waals surface area contributed by atoms with Crippen molar-refractivity contribution in [1.82, 2.24) is 20.0 Å². The van der Waals surface area contributed by atoms with Crippen LogP contribution in [0.15, 0.2) is 36.4 Å². The molecule has 61 heavy (non-hydrogen) atoms. The number of aliphatic hydroxyl groups is 1. The number of carbonyl (C=O) groups excluding carboxylic acids is 1. The SMILES string of the molecule is C.Clc1cccc(CN2CCNCC2)c1N1CCCC1.O=C(OC(C(F)(F)F)C(F)(F)F)N1CCN(Cc2cccc(Cl)c2N2CCCC2)CC1.OC(C(F)(F)F)C(F)(F)F. The van der Waals surface area contributed by atoms with Gasteiger partial charge in [-0.25, -0.2) is 4.79 Å². The van der Waals surface area contributed by atoms with Crippen LogP contribution in [0.5, 0.6) is 0 Å². The van der Waals surface area contributed by atoms with Crippen molar-refractivity contribution < 1.29 is 67.3 Å². The fourth-order valence-electron chi connectivity index (χ4n) is 7.08. The summed E-state index contributed by atoms with van der Waals surface area (Å²) in [5.41, 5.74) is 4.60. The average Bonchev–Trinajstić information content (AvgIpc) is 3.89. The minimum atomic E-state index is -5.73. The zero-order chi connectivity index (χ0) is 44.5. The summed E-state index contributed by atoms with van der Waals surface area (Å²) in [6, 6.07) is 11.9. The van der Waals surface area contributed by atoms with Crippen molar-refractivity contribution in [2.75, 3.05) is 88.3 Å². The highest BCUT2D eigenvalue weighted by Gasteiger charge is 2.60. The van der Waals surface area contributed by atoms with Gasteiger partial charge in [0.1, 0.15) is 0 Å². The van der Waals surface area contributed by atoms with Crippen LogP contribution in [-0.4, -0.2) is 141 Å². The lowest BCUT2D eigenvalue weighted by molar-refractivity contribution is -0.309. The number of amides is 1. The molecule has 4 aliphatic heterocycles. The van der Waals surface area contributed by atoms with Crippen LogP contribution in [0.1, 0.15) is 44.2 Å². The first-order valence-corrected chi connectivity index (χ1v) is 19.8. The van der Waals surface area contributed by atoms with Crippen molar-refractivity contribution >= 4 is 40.7 Å². The van der Waals surface area contributed by atoms with Gasteiger partial charge < -0.3 is 29.9 Å². The summed E-state index contributed by atoms with van der Waals surface area (Å²) in [5, 5.41) is 12.4. The summed E-state index contributed by atoms with van der Waals surface area (Å²) in [6.45, 7) is 10.6.